The molecule has 7 heteroatoms. The average Bonchev–Trinajstić information content (AvgIpc) is 3.03. The molecule has 0 saturated carbocycles. The molecule has 3 aromatic rings. The second kappa shape index (κ2) is 8.05. The number of nitrogens with one attached hydrogen (secondary N) is 1. The summed E-state index contributed by atoms with van der Waals surface area (Å²) in [5.41, 5.74) is 4.95. The Morgan fingerprint density at radius 1 is 1.04 bits per heavy atom. The number of carbonyl (C=O) groups is 2. The van der Waals surface area contributed by atoms with Crippen LogP contribution in [0.2, 0.25) is 5.02 Å². The van der Waals surface area contributed by atoms with Crippen molar-refractivity contribution in [3.8, 4) is 11.3 Å². The summed E-state index contributed by atoms with van der Waals surface area (Å²) < 4.78 is 14.8. The van der Waals surface area contributed by atoms with Crippen molar-refractivity contribution < 1.29 is 19.1 Å². The summed E-state index contributed by atoms with van der Waals surface area (Å²) in [4.78, 5) is 23.6. The molecule has 138 valence electrons. The number of aromatic nitrogens is 1. The first-order chi connectivity index (χ1) is 13.0. The Labute approximate surface area is 160 Å². The van der Waals surface area contributed by atoms with Gasteiger partial charge in [0.1, 0.15) is 5.82 Å². The summed E-state index contributed by atoms with van der Waals surface area (Å²) in [5.74, 6) is -1.75. The molecule has 27 heavy (non-hydrogen) atoms. The van der Waals surface area contributed by atoms with Gasteiger partial charge in [0.15, 0.2) is 0 Å². The topological polar surface area (TPSA) is 71.3 Å². The van der Waals surface area contributed by atoms with Crippen LogP contribution in [0.4, 0.5) is 4.39 Å². The minimum atomic E-state index is -0.941. The Kier molecular flexibility index (Phi) is 5.57. The lowest BCUT2D eigenvalue weighted by molar-refractivity contribution is -0.136. The first-order valence-corrected chi connectivity index (χ1v) is 8.58. The van der Waals surface area contributed by atoms with E-state index in [0.29, 0.717) is 27.5 Å². The molecule has 0 bridgehead atoms. The summed E-state index contributed by atoms with van der Waals surface area (Å²) in [5, 5.41) is 9.26. The van der Waals surface area contributed by atoms with Gasteiger partial charge in [-0.2, -0.15) is 0 Å². The fourth-order valence-corrected chi connectivity index (χ4v) is 2.92. The van der Waals surface area contributed by atoms with E-state index in [-0.39, 0.29) is 18.7 Å². The van der Waals surface area contributed by atoms with Gasteiger partial charge in [-0.25, -0.2) is 4.39 Å². The lowest BCUT2D eigenvalue weighted by Crippen LogP contribution is -2.25. The minimum absolute atomic E-state index is 0.0885. The van der Waals surface area contributed by atoms with Gasteiger partial charge in [0.05, 0.1) is 22.7 Å². The van der Waals surface area contributed by atoms with Gasteiger partial charge in [-0.05, 0) is 48.5 Å². The monoisotopic (exact) mass is 386 g/mol. The van der Waals surface area contributed by atoms with E-state index in [2.05, 4.69) is 5.43 Å². The van der Waals surface area contributed by atoms with Crippen molar-refractivity contribution in [3.05, 3.63) is 82.8 Å². The van der Waals surface area contributed by atoms with Crippen molar-refractivity contribution >= 4 is 23.5 Å². The molecule has 0 spiro atoms. The molecule has 0 aliphatic heterocycles. The fourth-order valence-electron chi connectivity index (χ4n) is 2.69. The number of aryl methyl sites for hydroxylation is 1. The highest BCUT2D eigenvalue weighted by atomic mass is 35.5. The van der Waals surface area contributed by atoms with Crippen LogP contribution in [-0.2, 0) is 11.2 Å². The standard InChI is InChI=1S/C20H16ClFN2O3/c21-17-4-2-1-3-16(17)20(27)23-24-15(10-12-19(25)26)9-11-18(24)13-5-7-14(22)8-6-13/h1-9,11H,10,12H2,(H,23,27)(H,25,26). The Bertz CT molecular complexity index is 983. The molecule has 1 heterocycles. The molecule has 0 atom stereocenters. The number of rotatable bonds is 6. The molecular formula is C20H16ClFN2O3. The van der Waals surface area contributed by atoms with Crippen LogP contribution in [0.1, 0.15) is 22.5 Å². The van der Waals surface area contributed by atoms with Gasteiger partial charge in [-0.3, -0.25) is 19.7 Å². The molecular weight excluding hydrogens is 371 g/mol. The third-order valence-electron chi connectivity index (χ3n) is 4.03. The number of amides is 1. The number of benzene rings is 2. The second-order valence-corrected chi connectivity index (χ2v) is 6.27. The van der Waals surface area contributed by atoms with Crippen LogP contribution in [-0.4, -0.2) is 21.7 Å². The Hall–Kier alpha value is -3.12. The first-order valence-electron chi connectivity index (χ1n) is 8.20. The zero-order valence-corrected chi connectivity index (χ0v) is 14.9. The van der Waals surface area contributed by atoms with Gasteiger partial charge in [0, 0.05) is 17.7 Å². The van der Waals surface area contributed by atoms with Crippen molar-refractivity contribution in [3.63, 3.8) is 0 Å². The Morgan fingerprint density at radius 3 is 2.41 bits per heavy atom. The molecule has 0 fully saturated rings. The first kappa shape index (κ1) is 18.7. The molecule has 3 rings (SSSR count). The Morgan fingerprint density at radius 2 is 1.74 bits per heavy atom. The zero-order chi connectivity index (χ0) is 19.4. The van der Waals surface area contributed by atoms with Crippen molar-refractivity contribution in [2.75, 3.05) is 5.43 Å². The number of carbonyl (C=O) groups excluding carboxylic acids is 1. The normalized spacial score (nSPS) is 10.6. The number of hydrogen-bond donors (Lipinski definition) is 2. The van der Waals surface area contributed by atoms with E-state index in [9.17, 15) is 14.0 Å². The van der Waals surface area contributed by atoms with Crippen LogP contribution >= 0.6 is 11.6 Å². The number of carboxylic acids is 1. The molecule has 0 unspecified atom stereocenters. The molecule has 0 radical (unpaired) electrons. The maximum absolute atomic E-state index is 13.2. The minimum Gasteiger partial charge on any atom is -0.481 e. The fraction of sp³-hybridized carbons (Fsp3) is 0.100. The highest BCUT2D eigenvalue weighted by molar-refractivity contribution is 6.34. The molecule has 0 saturated heterocycles. The summed E-state index contributed by atoms with van der Waals surface area (Å²) in [6.07, 6.45) is 0.133. The maximum Gasteiger partial charge on any atom is 0.303 e. The van der Waals surface area contributed by atoms with Crippen LogP contribution in [0.15, 0.2) is 60.7 Å². The maximum atomic E-state index is 13.2. The summed E-state index contributed by atoms with van der Waals surface area (Å²) in [6, 6.07) is 15.9. The van der Waals surface area contributed by atoms with Crippen molar-refractivity contribution in [1.82, 2.24) is 4.68 Å². The third kappa shape index (κ3) is 4.35. The number of nitrogens with zero attached hydrogens (tertiary/aromatic N) is 1. The molecule has 0 aliphatic carbocycles. The quantitative estimate of drug-likeness (QED) is 0.661. The SMILES string of the molecule is O=C(O)CCc1ccc(-c2ccc(F)cc2)n1NC(=O)c1ccccc1Cl. The van der Waals surface area contributed by atoms with E-state index in [1.165, 1.54) is 16.8 Å². The van der Waals surface area contributed by atoms with Crippen molar-refractivity contribution in [2.45, 2.75) is 12.8 Å². The third-order valence-corrected chi connectivity index (χ3v) is 4.36. The number of aliphatic carboxylic acids is 1. The van der Waals surface area contributed by atoms with Gasteiger partial charge < -0.3 is 5.11 Å². The van der Waals surface area contributed by atoms with E-state index >= 15 is 0 Å². The van der Waals surface area contributed by atoms with Crippen LogP contribution < -0.4 is 5.43 Å². The summed E-state index contributed by atoms with van der Waals surface area (Å²) in [7, 11) is 0. The number of carboxylic acid groups (broad SMARTS) is 1. The second-order valence-electron chi connectivity index (χ2n) is 5.87. The molecule has 2 aromatic carbocycles. The Balaban J connectivity index is 1.98. The smallest absolute Gasteiger partial charge is 0.303 e. The van der Waals surface area contributed by atoms with E-state index in [4.69, 9.17) is 16.7 Å². The summed E-state index contributed by atoms with van der Waals surface area (Å²) >= 11 is 6.09. The van der Waals surface area contributed by atoms with E-state index in [0.717, 1.165) is 0 Å². The highest BCUT2D eigenvalue weighted by Gasteiger charge is 2.16. The van der Waals surface area contributed by atoms with Gasteiger partial charge in [0.2, 0.25) is 0 Å². The van der Waals surface area contributed by atoms with E-state index in [1.807, 2.05) is 0 Å². The average molecular weight is 387 g/mol. The van der Waals surface area contributed by atoms with E-state index < -0.39 is 11.9 Å². The van der Waals surface area contributed by atoms with Gasteiger partial charge in [-0.1, -0.05) is 23.7 Å². The van der Waals surface area contributed by atoms with Gasteiger partial charge in [-0.15, -0.1) is 0 Å². The van der Waals surface area contributed by atoms with Crippen LogP contribution in [0.5, 0.6) is 0 Å². The lowest BCUT2D eigenvalue weighted by Gasteiger charge is -2.15. The highest BCUT2D eigenvalue weighted by Crippen LogP contribution is 2.24. The van der Waals surface area contributed by atoms with Crippen LogP contribution in [0.3, 0.4) is 0 Å². The summed E-state index contributed by atoms with van der Waals surface area (Å²) in [6.45, 7) is 0. The van der Waals surface area contributed by atoms with E-state index in [1.54, 1.807) is 48.5 Å². The largest absolute Gasteiger partial charge is 0.481 e. The zero-order valence-electron chi connectivity index (χ0n) is 14.2. The molecule has 5 nitrogen and oxygen atoms in total. The number of hydrogen-bond acceptors (Lipinski definition) is 2. The van der Waals surface area contributed by atoms with Crippen LogP contribution in [0.25, 0.3) is 11.3 Å². The van der Waals surface area contributed by atoms with Gasteiger partial charge in [0.25, 0.3) is 5.91 Å². The van der Waals surface area contributed by atoms with Gasteiger partial charge >= 0.3 is 5.97 Å². The van der Waals surface area contributed by atoms with Crippen LogP contribution in [0, 0.1) is 5.82 Å². The molecule has 2 N–H and O–H groups in total. The van der Waals surface area contributed by atoms with Crippen molar-refractivity contribution in [2.24, 2.45) is 0 Å². The molecule has 1 amide bonds. The number of halogens is 2. The predicted molar refractivity (Wildman–Crippen MR) is 101 cm³/mol. The van der Waals surface area contributed by atoms with Crippen molar-refractivity contribution in [1.29, 1.82) is 0 Å². The predicted octanol–water partition coefficient (Wildman–Crippen LogP) is 4.35. The molecule has 0 aliphatic rings. The lowest BCUT2D eigenvalue weighted by atomic mass is 10.1. The molecule has 1 aromatic heterocycles.